The lowest BCUT2D eigenvalue weighted by atomic mass is 10.1. The van der Waals surface area contributed by atoms with Gasteiger partial charge in [0.25, 0.3) is 0 Å². The normalized spacial score (nSPS) is 11.5. The smallest absolute Gasteiger partial charge is 0.244 e. The van der Waals surface area contributed by atoms with Crippen LogP contribution in [0.1, 0.15) is 26.3 Å². The van der Waals surface area contributed by atoms with Gasteiger partial charge >= 0.3 is 0 Å². The zero-order chi connectivity index (χ0) is 14.4. The van der Waals surface area contributed by atoms with Crippen LogP contribution in [0.4, 0.5) is 5.69 Å². The summed E-state index contributed by atoms with van der Waals surface area (Å²) in [4.78, 5) is 13.9. The van der Waals surface area contributed by atoms with Crippen molar-refractivity contribution in [3.63, 3.8) is 0 Å². The molecule has 1 aromatic rings. The van der Waals surface area contributed by atoms with Crippen LogP contribution in [0.15, 0.2) is 18.2 Å². The Balaban J connectivity index is 2.85. The number of likely N-dealkylation sites (N-methyl/N-ethyl adjacent to an activating group) is 1. The van der Waals surface area contributed by atoms with E-state index in [0.717, 1.165) is 0 Å². The Morgan fingerprint density at radius 2 is 2.11 bits per heavy atom. The van der Waals surface area contributed by atoms with Crippen LogP contribution in [0.2, 0.25) is 5.02 Å². The van der Waals surface area contributed by atoms with Gasteiger partial charge in [-0.15, -0.1) is 0 Å². The van der Waals surface area contributed by atoms with E-state index >= 15 is 0 Å². The summed E-state index contributed by atoms with van der Waals surface area (Å²) < 4.78 is 0. The molecule has 0 aliphatic rings. The van der Waals surface area contributed by atoms with Gasteiger partial charge in [0, 0.05) is 18.1 Å². The SMILES string of the molecule is CCN(CC)C(=O)C(C)Nc1ccc(Cl)cc1C#N. The van der Waals surface area contributed by atoms with E-state index in [-0.39, 0.29) is 11.9 Å². The maximum atomic E-state index is 12.1. The van der Waals surface area contributed by atoms with Crippen molar-refractivity contribution in [1.29, 1.82) is 5.26 Å². The fourth-order valence-corrected chi connectivity index (χ4v) is 2.01. The Hall–Kier alpha value is -1.73. The summed E-state index contributed by atoms with van der Waals surface area (Å²) in [6.45, 7) is 7.02. The monoisotopic (exact) mass is 279 g/mol. The van der Waals surface area contributed by atoms with Crippen molar-refractivity contribution >= 4 is 23.2 Å². The second-order valence-corrected chi connectivity index (χ2v) is 4.61. The molecule has 0 fully saturated rings. The van der Waals surface area contributed by atoms with Gasteiger partial charge < -0.3 is 10.2 Å². The van der Waals surface area contributed by atoms with Gasteiger partial charge in [-0.2, -0.15) is 5.26 Å². The zero-order valence-electron chi connectivity index (χ0n) is 11.4. The molecule has 0 bridgehead atoms. The van der Waals surface area contributed by atoms with Crippen molar-refractivity contribution in [2.45, 2.75) is 26.8 Å². The Morgan fingerprint density at radius 1 is 1.47 bits per heavy atom. The lowest BCUT2D eigenvalue weighted by molar-refractivity contribution is -0.131. The third kappa shape index (κ3) is 3.87. The molecule has 1 aromatic carbocycles. The third-order valence-corrected chi connectivity index (χ3v) is 3.15. The molecule has 1 atom stereocenters. The summed E-state index contributed by atoms with van der Waals surface area (Å²) in [6.07, 6.45) is 0. The molecule has 1 N–H and O–H groups in total. The molecule has 0 radical (unpaired) electrons. The Morgan fingerprint density at radius 3 is 2.63 bits per heavy atom. The van der Waals surface area contributed by atoms with Crippen LogP contribution in [-0.4, -0.2) is 29.9 Å². The molecule has 0 saturated carbocycles. The number of hydrogen-bond donors (Lipinski definition) is 1. The van der Waals surface area contributed by atoms with Gasteiger partial charge in [0.2, 0.25) is 5.91 Å². The van der Waals surface area contributed by atoms with E-state index in [4.69, 9.17) is 16.9 Å². The minimum atomic E-state index is -0.381. The number of amides is 1. The first-order chi connectivity index (χ1) is 9.03. The highest BCUT2D eigenvalue weighted by Gasteiger charge is 2.18. The van der Waals surface area contributed by atoms with Gasteiger partial charge in [-0.3, -0.25) is 4.79 Å². The maximum absolute atomic E-state index is 12.1. The first-order valence-corrected chi connectivity index (χ1v) is 6.66. The second-order valence-electron chi connectivity index (χ2n) is 4.18. The molecule has 0 aromatic heterocycles. The largest absolute Gasteiger partial charge is 0.373 e. The summed E-state index contributed by atoms with van der Waals surface area (Å²) in [5, 5.41) is 12.6. The summed E-state index contributed by atoms with van der Waals surface area (Å²) in [5.41, 5.74) is 1.06. The van der Waals surface area contributed by atoms with Crippen molar-refractivity contribution in [1.82, 2.24) is 4.90 Å². The van der Waals surface area contributed by atoms with Crippen LogP contribution in [0, 0.1) is 11.3 Å². The number of nitriles is 1. The topological polar surface area (TPSA) is 56.1 Å². The number of nitrogens with zero attached hydrogens (tertiary/aromatic N) is 2. The lowest BCUT2D eigenvalue weighted by Gasteiger charge is -2.24. The van der Waals surface area contributed by atoms with Crippen LogP contribution in [0.3, 0.4) is 0 Å². The molecule has 4 nitrogen and oxygen atoms in total. The number of rotatable bonds is 5. The van der Waals surface area contributed by atoms with Gasteiger partial charge in [-0.1, -0.05) is 11.6 Å². The summed E-state index contributed by atoms with van der Waals surface area (Å²) in [5.74, 6) is 0.0174. The van der Waals surface area contributed by atoms with Crippen molar-refractivity contribution in [3.05, 3.63) is 28.8 Å². The molecule has 0 spiro atoms. The van der Waals surface area contributed by atoms with Crippen LogP contribution in [0.25, 0.3) is 0 Å². The Labute approximate surface area is 119 Å². The highest BCUT2D eigenvalue weighted by atomic mass is 35.5. The van der Waals surface area contributed by atoms with Crippen LogP contribution >= 0.6 is 11.6 Å². The maximum Gasteiger partial charge on any atom is 0.244 e. The molecule has 0 saturated heterocycles. The van der Waals surface area contributed by atoms with E-state index in [1.54, 1.807) is 30.0 Å². The Bertz CT molecular complexity index is 492. The number of anilines is 1. The number of carbonyl (C=O) groups is 1. The minimum absolute atomic E-state index is 0.0174. The first-order valence-electron chi connectivity index (χ1n) is 6.28. The lowest BCUT2D eigenvalue weighted by Crippen LogP contribution is -2.41. The van der Waals surface area contributed by atoms with E-state index in [1.807, 2.05) is 13.8 Å². The van der Waals surface area contributed by atoms with Crippen molar-refractivity contribution in [3.8, 4) is 6.07 Å². The fraction of sp³-hybridized carbons (Fsp3) is 0.429. The summed E-state index contributed by atoms with van der Waals surface area (Å²) in [7, 11) is 0. The molecule has 0 heterocycles. The number of halogens is 1. The summed E-state index contributed by atoms with van der Waals surface area (Å²) >= 11 is 5.84. The minimum Gasteiger partial charge on any atom is -0.373 e. The highest BCUT2D eigenvalue weighted by molar-refractivity contribution is 6.30. The van der Waals surface area contributed by atoms with Crippen LogP contribution < -0.4 is 5.32 Å². The Kier molecular flexibility index (Phi) is 5.65. The second kappa shape index (κ2) is 7.01. The van der Waals surface area contributed by atoms with E-state index in [1.165, 1.54) is 0 Å². The van der Waals surface area contributed by atoms with Gasteiger partial charge in [0.05, 0.1) is 11.3 Å². The molecule has 5 heteroatoms. The molecule has 102 valence electrons. The quantitative estimate of drug-likeness (QED) is 0.902. The molecule has 1 unspecified atom stereocenters. The number of nitrogens with one attached hydrogen (secondary N) is 1. The number of hydrogen-bond acceptors (Lipinski definition) is 3. The molecular formula is C14H18ClN3O. The molecule has 19 heavy (non-hydrogen) atoms. The predicted molar refractivity (Wildman–Crippen MR) is 77.2 cm³/mol. The van der Waals surface area contributed by atoms with Crippen molar-refractivity contribution < 1.29 is 4.79 Å². The first kappa shape index (κ1) is 15.3. The number of carbonyl (C=O) groups excluding carboxylic acids is 1. The molecule has 0 aliphatic carbocycles. The molecule has 0 aliphatic heterocycles. The van der Waals surface area contributed by atoms with Gasteiger partial charge in [-0.25, -0.2) is 0 Å². The van der Waals surface area contributed by atoms with Crippen LogP contribution in [-0.2, 0) is 4.79 Å². The van der Waals surface area contributed by atoms with Gasteiger partial charge in [0.1, 0.15) is 12.1 Å². The van der Waals surface area contributed by atoms with Crippen molar-refractivity contribution in [2.75, 3.05) is 18.4 Å². The van der Waals surface area contributed by atoms with E-state index in [0.29, 0.717) is 29.4 Å². The van der Waals surface area contributed by atoms with Gasteiger partial charge in [-0.05, 0) is 39.0 Å². The third-order valence-electron chi connectivity index (χ3n) is 2.92. The van der Waals surface area contributed by atoms with E-state index in [2.05, 4.69) is 11.4 Å². The molecule has 1 rings (SSSR count). The van der Waals surface area contributed by atoms with E-state index in [9.17, 15) is 4.79 Å². The summed E-state index contributed by atoms with van der Waals surface area (Å²) in [6, 6.07) is 6.68. The average molecular weight is 280 g/mol. The van der Waals surface area contributed by atoms with Gasteiger partial charge in [0.15, 0.2) is 0 Å². The number of benzene rings is 1. The van der Waals surface area contributed by atoms with Crippen molar-refractivity contribution in [2.24, 2.45) is 0 Å². The predicted octanol–water partition coefficient (Wildman–Crippen LogP) is 2.88. The average Bonchev–Trinajstić information content (AvgIpc) is 2.41. The highest BCUT2D eigenvalue weighted by Crippen LogP contribution is 2.20. The fourth-order valence-electron chi connectivity index (χ4n) is 1.84. The molecule has 1 amide bonds. The standard InChI is InChI=1S/C14H18ClN3O/c1-4-18(5-2)14(19)10(3)17-13-7-6-12(15)8-11(13)9-16/h6-8,10,17H,4-5H2,1-3H3. The molecular weight excluding hydrogens is 262 g/mol. The zero-order valence-corrected chi connectivity index (χ0v) is 12.2. The van der Waals surface area contributed by atoms with Crippen LogP contribution in [0.5, 0.6) is 0 Å². The van der Waals surface area contributed by atoms with E-state index < -0.39 is 0 Å².